The van der Waals surface area contributed by atoms with E-state index >= 15 is 0 Å². The molecule has 2 aromatic rings. The van der Waals surface area contributed by atoms with Gasteiger partial charge < -0.3 is 14.7 Å². The van der Waals surface area contributed by atoms with Crippen molar-refractivity contribution in [3.05, 3.63) is 63.1 Å². The number of likely N-dealkylation sites (N-methyl/N-ethyl adjacent to an activating group) is 1. The summed E-state index contributed by atoms with van der Waals surface area (Å²) in [4.78, 5) is 1.98. The summed E-state index contributed by atoms with van der Waals surface area (Å²) in [7, 11) is 3.89. The Morgan fingerprint density at radius 2 is 1.83 bits per heavy atom. The van der Waals surface area contributed by atoms with Crippen molar-refractivity contribution in [1.29, 1.82) is 0 Å². The summed E-state index contributed by atoms with van der Waals surface area (Å²) in [5.74, 6) is 0.685. The standard InChI is InChI=1S/C18H21BrClNO2/c1-12(21(2)3)18(22)16-10-14(19)6-9-17(16)23-11-13-4-7-15(20)8-5-13/h4-10,12,18,22H,11H2,1-3H3. The number of nitrogens with zero attached hydrogens (tertiary/aromatic N) is 1. The Balaban J connectivity index is 2.19. The van der Waals surface area contributed by atoms with E-state index in [0.717, 1.165) is 15.6 Å². The predicted molar refractivity (Wildman–Crippen MR) is 98.0 cm³/mol. The highest BCUT2D eigenvalue weighted by molar-refractivity contribution is 9.10. The summed E-state index contributed by atoms with van der Waals surface area (Å²) in [6.07, 6.45) is -0.636. The van der Waals surface area contributed by atoms with E-state index in [1.807, 2.05) is 68.4 Å². The average molecular weight is 399 g/mol. The lowest BCUT2D eigenvalue weighted by atomic mass is 10.0. The molecule has 2 rings (SSSR count). The molecule has 3 nitrogen and oxygen atoms in total. The molecule has 0 aliphatic carbocycles. The molecule has 0 saturated heterocycles. The monoisotopic (exact) mass is 397 g/mol. The maximum atomic E-state index is 10.6. The third-order valence-electron chi connectivity index (χ3n) is 3.87. The van der Waals surface area contributed by atoms with Gasteiger partial charge in [-0.05, 0) is 56.9 Å². The van der Waals surface area contributed by atoms with Gasteiger partial charge in [0.15, 0.2) is 0 Å². The molecule has 0 aliphatic rings. The van der Waals surface area contributed by atoms with E-state index in [1.54, 1.807) is 0 Å². The van der Waals surface area contributed by atoms with Crippen molar-refractivity contribution >= 4 is 27.5 Å². The Hall–Kier alpha value is -1.07. The summed E-state index contributed by atoms with van der Waals surface area (Å²) in [6.45, 7) is 2.41. The molecule has 0 aliphatic heterocycles. The van der Waals surface area contributed by atoms with Crippen molar-refractivity contribution in [1.82, 2.24) is 4.90 Å². The first-order valence-corrected chi connectivity index (χ1v) is 8.56. The van der Waals surface area contributed by atoms with Crippen LogP contribution < -0.4 is 4.74 Å². The quantitative estimate of drug-likeness (QED) is 0.768. The zero-order valence-corrected chi connectivity index (χ0v) is 15.8. The second-order valence-corrected chi connectivity index (χ2v) is 7.10. The number of halogens is 2. The Morgan fingerprint density at radius 3 is 2.43 bits per heavy atom. The fourth-order valence-corrected chi connectivity index (χ4v) is 2.67. The van der Waals surface area contributed by atoms with Gasteiger partial charge in [0.2, 0.25) is 0 Å². The lowest BCUT2D eigenvalue weighted by molar-refractivity contribution is 0.0826. The summed E-state index contributed by atoms with van der Waals surface area (Å²) in [6, 6.07) is 13.2. The number of rotatable bonds is 6. The van der Waals surface area contributed by atoms with Crippen molar-refractivity contribution in [2.24, 2.45) is 0 Å². The minimum absolute atomic E-state index is 0.0258. The summed E-state index contributed by atoms with van der Waals surface area (Å²) in [5, 5.41) is 11.3. The Morgan fingerprint density at radius 1 is 1.17 bits per heavy atom. The van der Waals surface area contributed by atoms with Gasteiger partial charge in [-0.2, -0.15) is 0 Å². The Bertz CT molecular complexity index is 646. The molecule has 2 unspecified atom stereocenters. The molecule has 2 atom stereocenters. The summed E-state index contributed by atoms with van der Waals surface area (Å²) < 4.78 is 6.84. The number of hydrogen-bond acceptors (Lipinski definition) is 3. The largest absolute Gasteiger partial charge is 0.489 e. The molecule has 124 valence electrons. The number of hydrogen-bond donors (Lipinski definition) is 1. The molecule has 0 spiro atoms. The van der Waals surface area contributed by atoms with Crippen molar-refractivity contribution in [3.8, 4) is 5.75 Å². The van der Waals surface area contributed by atoms with Gasteiger partial charge in [-0.15, -0.1) is 0 Å². The minimum atomic E-state index is -0.636. The van der Waals surface area contributed by atoms with Crippen molar-refractivity contribution < 1.29 is 9.84 Å². The van der Waals surface area contributed by atoms with Crippen molar-refractivity contribution in [3.63, 3.8) is 0 Å². The molecule has 0 bridgehead atoms. The normalized spacial score (nSPS) is 13.9. The molecule has 23 heavy (non-hydrogen) atoms. The van der Waals surface area contributed by atoms with Gasteiger partial charge in [0.05, 0.1) is 6.10 Å². The minimum Gasteiger partial charge on any atom is -0.489 e. The molecular weight excluding hydrogens is 378 g/mol. The number of aliphatic hydroxyl groups is 1. The lowest BCUT2D eigenvalue weighted by Crippen LogP contribution is -2.31. The van der Waals surface area contributed by atoms with Crippen LogP contribution in [0.2, 0.25) is 5.02 Å². The smallest absolute Gasteiger partial charge is 0.125 e. The third-order valence-corrected chi connectivity index (χ3v) is 4.61. The fourth-order valence-electron chi connectivity index (χ4n) is 2.17. The van der Waals surface area contributed by atoms with Crippen molar-refractivity contribution in [2.45, 2.75) is 25.7 Å². The van der Waals surface area contributed by atoms with Gasteiger partial charge in [-0.1, -0.05) is 39.7 Å². The molecule has 0 amide bonds. The summed E-state index contributed by atoms with van der Waals surface area (Å²) >= 11 is 9.35. The van der Waals surface area contributed by atoms with Gasteiger partial charge in [-0.25, -0.2) is 0 Å². The number of benzene rings is 2. The highest BCUT2D eigenvalue weighted by atomic mass is 79.9. The first-order valence-electron chi connectivity index (χ1n) is 7.39. The van der Waals surface area contributed by atoms with Crippen LogP contribution in [0.15, 0.2) is 46.9 Å². The first kappa shape index (κ1) is 18.3. The molecule has 0 saturated carbocycles. The van der Waals surface area contributed by atoms with Gasteiger partial charge >= 0.3 is 0 Å². The second kappa shape index (κ2) is 8.15. The number of aliphatic hydroxyl groups excluding tert-OH is 1. The molecule has 0 fully saturated rings. The first-order chi connectivity index (χ1) is 10.9. The fraction of sp³-hybridized carbons (Fsp3) is 0.333. The van der Waals surface area contributed by atoms with Crippen molar-refractivity contribution in [2.75, 3.05) is 14.1 Å². The maximum absolute atomic E-state index is 10.6. The van der Waals surface area contributed by atoms with Crippen LogP contribution in [0.4, 0.5) is 0 Å². The average Bonchev–Trinajstić information content (AvgIpc) is 2.53. The van der Waals surface area contributed by atoms with E-state index in [2.05, 4.69) is 15.9 Å². The van der Waals surface area contributed by atoms with Crippen LogP contribution >= 0.6 is 27.5 Å². The Kier molecular flexibility index (Phi) is 6.48. The summed E-state index contributed by atoms with van der Waals surface area (Å²) in [5.41, 5.74) is 1.80. The van der Waals surface area contributed by atoms with E-state index in [0.29, 0.717) is 17.4 Å². The lowest BCUT2D eigenvalue weighted by Gasteiger charge is -2.27. The zero-order valence-electron chi connectivity index (χ0n) is 13.5. The highest BCUT2D eigenvalue weighted by Crippen LogP contribution is 2.32. The van der Waals surface area contributed by atoms with Crippen LogP contribution in [0.1, 0.15) is 24.2 Å². The van der Waals surface area contributed by atoms with Gasteiger partial charge in [-0.3, -0.25) is 0 Å². The van der Waals surface area contributed by atoms with Gasteiger partial charge in [0.25, 0.3) is 0 Å². The van der Waals surface area contributed by atoms with Crippen LogP contribution in [0.25, 0.3) is 0 Å². The highest BCUT2D eigenvalue weighted by Gasteiger charge is 2.22. The van der Waals surface area contributed by atoms with Crippen LogP contribution in [0.3, 0.4) is 0 Å². The maximum Gasteiger partial charge on any atom is 0.125 e. The van der Waals surface area contributed by atoms with Crippen LogP contribution in [-0.2, 0) is 6.61 Å². The molecule has 5 heteroatoms. The van der Waals surface area contributed by atoms with E-state index < -0.39 is 6.10 Å². The van der Waals surface area contributed by atoms with Crippen LogP contribution in [-0.4, -0.2) is 30.1 Å². The predicted octanol–water partition coefficient (Wildman–Crippen LogP) is 4.67. The molecule has 0 radical (unpaired) electrons. The van der Waals surface area contributed by atoms with Gasteiger partial charge in [0.1, 0.15) is 12.4 Å². The second-order valence-electron chi connectivity index (χ2n) is 5.75. The van der Waals surface area contributed by atoms with E-state index in [1.165, 1.54) is 0 Å². The molecule has 1 N–H and O–H groups in total. The molecule has 0 aromatic heterocycles. The number of ether oxygens (including phenoxy) is 1. The van der Waals surface area contributed by atoms with Crippen LogP contribution in [0, 0.1) is 0 Å². The van der Waals surface area contributed by atoms with E-state index in [9.17, 15) is 5.11 Å². The zero-order chi connectivity index (χ0) is 17.0. The van der Waals surface area contributed by atoms with E-state index in [4.69, 9.17) is 16.3 Å². The van der Waals surface area contributed by atoms with Gasteiger partial charge in [0, 0.05) is 21.1 Å². The molecule has 0 heterocycles. The topological polar surface area (TPSA) is 32.7 Å². The SMILES string of the molecule is CC(C(O)c1cc(Br)ccc1OCc1ccc(Cl)cc1)N(C)C. The van der Waals surface area contributed by atoms with Crippen LogP contribution in [0.5, 0.6) is 5.75 Å². The molecule has 2 aromatic carbocycles. The van der Waals surface area contributed by atoms with E-state index in [-0.39, 0.29) is 6.04 Å². The molecular formula is C18H21BrClNO2. The third kappa shape index (κ3) is 4.95. The Labute approximate surface area is 151 Å².